The van der Waals surface area contributed by atoms with Crippen LogP contribution in [0.4, 0.5) is 39.5 Å². The molecule has 0 unspecified atom stereocenters. The molecule has 0 spiro atoms. The molecule has 0 amide bonds. The predicted octanol–water partition coefficient (Wildman–Crippen LogP) is 18.5. The number of para-hydroxylation sites is 1. The number of benzene rings is 9. The fourth-order valence-corrected chi connectivity index (χ4v) is 9.51. The van der Waals surface area contributed by atoms with E-state index >= 15 is 0 Å². The van der Waals surface area contributed by atoms with Crippen molar-refractivity contribution in [2.24, 2.45) is 0 Å². The fourth-order valence-electron chi connectivity index (χ4n) is 9.51. The number of hydrogen-bond acceptors (Lipinski definition) is 0. The Bertz CT molecular complexity index is 3530. The van der Waals surface area contributed by atoms with Gasteiger partial charge in [-0.2, -0.15) is 39.5 Å². The number of aromatic nitrogens is 1. The maximum atomic E-state index is 14.6. The Hall–Kier alpha value is -7.85. The van der Waals surface area contributed by atoms with Gasteiger partial charge in [0.25, 0.3) is 0 Å². The van der Waals surface area contributed by atoms with Crippen LogP contribution in [0.5, 0.6) is 0 Å². The average Bonchev–Trinajstić information content (AvgIpc) is 3.66. The van der Waals surface area contributed by atoms with Gasteiger partial charge >= 0.3 is 18.5 Å². The molecule has 0 aliphatic rings. The van der Waals surface area contributed by atoms with Gasteiger partial charge in [-0.15, -0.1) is 0 Å². The molecule has 1 aromatic heterocycles. The van der Waals surface area contributed by atoms with Crippen LogP contribution in [-0.2, 0) is 18.5 Å². The van der Waals surface area contributed by atoms with Gasteiger partial charge in [-0.3, -0.25) is 0 Å². The average molecular weight is 932 g/mol. The zero-order chi connectivity index (χ0) is 48.4. The van der Waals surface area contributed by atoms with Crippen LogP contribution >= 0.6 is 0 Å². The Morgan fingerprint density at radius 2 is 0.609 bits per heavy atom. The Morgan fingerprint density at radius 3 is 0.986 bits per heavy atom. The normalized spacial score (nSPS) is 12.3. The number of hydrogen-bond donors (Lipinski definition) is 0. The van der Waals surface area contributed by atoms with E-state index in [-0.39, 0.29) is 27.8 Å². The number of alkyl halides is 9. The van der Waals surface area contributed by atoms with E-state index in [4.69, 9.17) is 0 Å². The zero-order valence-corrected chi connectivity index (χ0v) is 36.8. The molecule has 0 fully saturated rings. The zero-order valence-electron chi connectivity index (χ0n) is 36.8. The highest BCUT2D eigenvalue weighted by atomic mass is 19.4. The SMILES string of the molecule is Cc1ccccc1-c1cc(-c2ccc3c(c2)c2cc(-c4cc(-c5ccccc5C(F)(F)F)cc(-c5ccccc5C(F)(F)F)c4)ccc2n3-c2ccccc2C)cc(-c2ccccc2C(F)(F)F)c1. The van der Waals surface area contributed by atoms with Crippen LogP contribution in [-0.4, -0.2) is 4.57 Å². The lowest BCUT2D eigenvalue weighted by Gasteiger charge is -2.18. The number of nitrogens with zero attached hydrogens (tertiary/aromatic N) is 1. The minimum atomic E-state index is -4.76. The molecule has 0 saturated carbocycles. The van der Waals surface area contributed by atoms with Crippen molar-refractivity contribution in [1.29, 1.82) is 0 Å². The lowest BCUT2D eigenvalue weighted by molar-refractivity contribution is -0.137. The molecule has 10 aromatic rings. The molecule has 0 bridgehead atoms. The first kappa shape index (κ1) is 45.0. The molecular weight excluding hydrogens is 894 g/mol. The van der Waals surface area contributed by atoms with Crippen molar-refractivity contribution < 1.29 is 39.5 Å². The Morgan fingerprint density at radius 1 is 0.290 bits per heavy atom. The highest BCUT2D eigenvalue weighted by molar-refractivity contribution is 6.12. The predicted molar refractivity (Wildman–Crippen MR) is 258 cm³/mol. The second-order valence-corrected chi connectivity index (χ2v) is 17.1. The molecular formula is C59H38F9N. The smallest absolute Gasteiger partial charge is 0.309 e. The van der Waals surface area contributed by atoms with Gasteiger partial charge in [0.05, 0.1) is 27.7 Å². The molecule has 0 N–H and O–H groups in total. The van der Waals surface area contributed by atoms with Gasteiger partial charge in [0.1, 0.15) is 0 Å². The maximum Gasteiger partial charge on any atom is 0.417 e. The van der Waals surface area contributed by atoms with Crippen LogP contribution in [0.1, 0.15) is 27.8 Å². The Labute approximate surface area is 391 Å². The van der Waals surface area contributed by atoms with Crippen molar-refractivity contribution in [1.82, 2.24) is 4.57 Å². The third kappa shape index (κ3) is 8.45. The summed E-state index contributed by atoms with van der Waals surface area (Å²) in [6.07, 6.45) is -14.1. The third-order valence-corrected chi connectivity index (χ3v) is 12.7. The third-order valence-electron chi connectivity index (χ3n) is 12.7. The van der Waals surface area contributed by atoms with Gasteiger partial charge in [-0.05, 0) is 177 Å². The largest absolute Gasteiger partial charge is 0.417 e. The first-order valence-electron chi connectivity index (χ1n) is 21.9. The van der Waals surface area contributed by atoms with Crippen molar-refractivity contribution in [2.45, 2.75) is 32.4 Å². The molecule has 0 radical (unpaired) electrons. The summed E-state index contributed by atoms with van der Waals surface area (Å²) in [4.78, 5) is 0. The second kappa shape index (κ2) is 17.0. The Balaban J connectivity index is 1.23. The van der Waals surface area contributed by atoms with Gasteiger partial charge < -0.3 is 4.57 Å². The molecule has 0 aliphatic heterocycles. The number of fused-ring (bicyclic) bond motifs is 3. The van der Waals surface area contributed by atoms with Crippen LogP contribution in [0, 0.1) is 13.8 Å². The van der Waals surface area contributed by atoms with Crippen molar-refractivity contribution >= 4 is 21.8 Å². The van der Waals surface area contributed by atoms with E-state index in [0.29, 0.717) is 27.8 Å². The molecule has 0 saturated heterocycles. The van der Waals surface area contributed by atoms with Crippen LogP contribution in [0.3, 0.4) is 0 Å². The molecule has 10 heteroatoms. The summed E-state index contributed by atoms with van der Waals surface area (Å²) in [5, 5.41) is 1.48. The van der Waals surface area contributed by atoms with E-state index in [1.807, 2.05) is 98.8 Å². The van der Waals surface area contributed by atoms with Gasteiger partial charge in [0.2, 0.25) is 0 Å². The van der Waals surface area contributed by atoms with Crippen molar-refractivity contribution in [3.05, 3.63) is 222 Å². The summed E-state index contributed by atoms with van der Waals surface area (Å²) in [5.41, 5.74) is 5.73. The topological polar surface area (TPSA) is 4.93 Å². The van der Waals surface area contributed by atoms with E-state index < -0.39 is 35.2 Å². The molecule has 10 rings (SSSR count). The lowest BCUT2D eigenvalue weighted by Crippen LogP contribution is -2.08. The number of halogens is 9. The van der Waals surface area contributed by atoms with Gasteiger partial charge in [0.15, 0.2) is 0 Å². The fraction of sp³-hybridized carbons (Fsp3) is 0.0847. The highest BCUT2D eigenvalue weighted by Gasteiger charge is 2.36. The van der Waals surface area contributed by atoms with Crippen molar-refractivity contribution in [2.75, 3.05) is 0 Å². The molecule has 342 valence electrons. The summed E-state index contributed by atoms with van der Waals surface area (Å²) in [6.45, 7) is 3.93. The van der Waals surface area contributed by atoms with E-state index in [9.17, 15) is 39.5 Å². The van der Waals surface area contributed by atoms with Crippen molar-refractivity contribution in [3.8, 4) is 72.4 Å². The highest BCUT2D eigenvalue weighted by Crippen LogP contribution is 2.46. The summed E-state index contributed by atoms with van der Waals surface area (Å²) < 4.78 is 133. The van der Waals surface area contributed by atoms with E-state index in [0.717, 1.165) is 67.9 Å². The first-order chi connectivity index (χ1) is 32.9. The standard InChI is InChI=1S/C59H38F9N/c1-35-13-3-5-15-45(35)41-27-39(28-42(31-41)46-16-6-9-19-51(46)57(60,61)62)37-23-25-55-49(33-37)50-34-38(24-26-56(50)69(55)54-22-12-4-14-36(54)2)40-29-43(47-17-7-10-20-52(47)58(63,64)65)32-44(30-40)48-18-8-11-21-53(48)59(66,67)68/h3-34H,1-2H3. The van der Waals surface area contributed by atoms with Crippen LogP contribution < -0.4 is 0 Å². The maximum absolute atomic E-state index is 14.6. The minimum absolute atomic E-state index is 0.0286. The van der Waals surface area contributed by atoms with Crippen LogP contribution in [0.2, 0.25) is 0 Å². The van der Waals surface area contributed by atoms with E-state index in [2.05, 4.69) is 4.57 Å². The molecule has 0 aliphatic carbocycles. The molecule has 1 nitrogen and oxygen atoms in total. The monoisotopic (exact) mass is 931 g/mol. The quantitative estimate of drug-likeness (QED) is 0.140. The lowest BCUT2D eigenvalue weighted by atomic mass is 9.89. The van der Waals surface area contributed by atoms with E-state index in [1.165, 1.54) is 54.6 Å². The minimum Gasteiger partial charge on any atom is -0.309 e. The Kier molecular flexibility index (Phi) is 11.1. The summed E-state index contributed by atoms with van der Waals surface area (Å²) >= 11 is 0. The summed E-state index contributed by atoms with van der Waals surface area (Å²) in [7, 11) is 0. The number of aryl methyl sites for hydroxylation is 2. The number of rotatable bonds is 7. The second-order valence-electron chi connectivity index (χ2n) is 17.1. The van der Waals surface area contributed by atoms with Crippen LogP contribution in [0.15, 0.2) is 194 Å². The molecule has 69 heavy (non-hydrogen) atoms. The molecule has 0 atom stereocenters. The summed E-state index contributed by atoms with van der Waals surface area (Å²) in [5.74, 6) is 0. The van der Waals surface area contributed by atoms with Gasteiger partial charge in [-0.1, -0.05) is 109 Å². The van der Waals surface area contributed by atoms with Crippen LogP contribution in [0.25, 0.3) is 94.3 Å². The summed E-state index contributed by atoms with van der Waals surface area (Å²) in [6, 6.07) is 52.3. The van der Waals surface area contributed by atoms with Crippen molar-refractivity contribution in [3.63, 3.8) is 0 Å². The van der Waals surface area contributed by atoms with Gasteiger partial charge in [0, 0.05) is 16.5 Å². The van der Waals surface area contributed by atoms with E-state index in [1.54, 1.807) is 36.4 Å². The first-order valence-corrected chi connectivity index (χ1v) is 21.9. The van der Waals surface area contributed by atoms with Gasteiger partial charge in [-0.25, -0.2) is 0 Å². The molecule has 9 aromatic carbocycles. The molecule has 1 heterocycles.